The van der Waals surface area contributed by atoms with E-state index in [1.54, 1.807) is 13.8 Å². The first-order chi connectivity index (χ1) is 10.8. The molecule has 0 fully saturated rings. The van der Waals surface area contributed by atoms with Gasteiger partial charge < -0.3 is 9.47 Å². The first kappa shape index (κ1) is 21.2. The first-order valence-corrected chi connectivity index (χ1v) is 7.19. The van der Waals surface area contributed by atoms with E-state index in [0.717, 1.165) is 13.1 Å². The minimum Gasteiger partial charge on any atom is -0.465 e. The Kier molecular flexibility index (Phi) is 10.8. The van der Waals surface area contributed by atoms with Crippen molar-refractivity contribution in [3.05, 3.63) is 13.1 Å². The second kappa shape index (κ2) is 11.7. The molecular formula is C15H22N2O6. The maximum absolute atomic E-state index is 11.5. The third-order valence-electron chi connectivity index (χ3n) is 2.63. The highest BCUT2D eigenvalue weighted by atomic mass is 16.5. The van der Waals surface area contributed by atoms with Crippen LogP contribution < -0.4 is 10.6 Å². The third kappa shape index (κ3) is 8.41. The standard InChI is InChI=1S/C15H22N2O6/c1-5-22-14(20)12(10(3)18)7-16-9-17-8-13(11(4)19)15(21)23-6-2/h7-8,12-13H,5-6,9H2,1-4H3. The molecule has 0 heterocycles. The number of Topliss-reactive ketones (excluding diaryl/α,β-unsaturated/α-hetero) is 2. The second-order valence-corrected chi connectivity index (χ2v) is 4.49. The van der Waals surface area contributed by atoms with Crippen LogP contribution in [-0.2, 0) is 28.7 Å². The normalized spacial score (nSPS) is 13.0. The highest BCUT2D eigenvalue weighted by Gasteiger charge is 2.27. The van der Waals surface area contributed by atoms with E-state index in [1.807, 2.05) is 0 Å². The molecule has 0 rings (SSSR count). The summed E-state index contributed by atoms with van der Waals surface area (Å²) >= 11 is 0. The molecule has 8 heteroatoms. The van der Waals surface area contributed by atoms with Crippen LogP contribution in [0.5, 0.6) is 0 Å². The Morgan fingerprint density at radius 3 is 1.43 bits per heavy atom. The molecule has 0 aromatic heterocycles. The molecule has 0 amide bonds. The number of carbonyl (C=O) groups is 4. The Morgan fingerprint density at radius 1 is 0.826 bits per heavy atom. The minimum atomic E-state index is -1.08. The zero-order valence-corrected chi connectivity index (χ0v) is 13.8. The van der Waals surface area contributed by atoms with Crippen molar-refractivity contribution in [2.75, 3.05) is 19.9 Å². The zero-order valence-electron chi connectivity index (χ0n) is 13.8. The fourth-order valence-corrected chi connectivity index (χ4v) is 1.48. The summed E-state index contributed by atoms with van der Waals surface area (Å²) < 4.78 is 9.51. The summed E-state index contributed by atoms with van der Waals surface area (Å²) in [6.45, 7) is 8.25. The van der Waals surface area contributed by atoms with Gasteiger partial charge in [0, 0.05) is 0 Å². The molecule has 0 bridgehead atoms. The number of carbonyl (C=O) groups excluding carboxylic acids is 4. The number of rotatable bonds is 12. The fourth-order valence-electron chi connectivity index (χ4n) is 1.48. The predicted octanol–water partition coefficient (Wildman–Crippen LogP) is 0.0129. The Balaban J connectivity index is 4.22. The highest BCUT2D eigenvalue weighted by Crippen LogP contribution is 2.07. The Labute approximate surface area is 136 Å². The molecule has 0 saturated carbocycles. The Hall–Kier alpha value is -1.80. The van der Waals surface area contributed by atoms with Crippen LogP contribution in [-0.4, -0.2) is 43.4 Å². The van der Waals surface area contributed by atoms with Crippen molar-refractivity contribution in [3.63, 3.8) is 0 Å². The number of nitrogens with zero attached hydrogens (tertiary/aromatic N) is 2. The van der Waals surface area contributed by atoms with Gasteiger partial charge in [0.1, 0.15) is 23.4 Å². The zero-order chi connectivity index (χ0) is 17.8. The smallest absolute Gasteiger partial charge is 0.318 e. The average molecular weight is 326 g/mol. The summed E-state index contributed by atoms with van der Waals surface area (Å²) in [4.78, 5) is 45.7. The number of ketones is 2. The number of hydrogen-bond donors (Lipinski definition) is 0. The van der Waals surface area contributed by atoms with Crippen molar-refractivity contribution in [2.45, 2.75) is 27.7 Å². The number of ether oxygens (including phenoxy) is 2. The van der Waals surface area contributed by atoms with Gasteiger partial charge in [-0.05, 0) is 27.7 Å². The van der Waals surface area contributed by atoms with E-state index >= 15 is 0 Å². The molecule has 8 nitrogen and oxygen atoms in total. The summed E-state index contributed by atoms with van der Waals surface area (Å²) in [6.07, 6.45) is 0. The van der Waals surface area contributed by atoms with E-state index in [-0.39, 0.29) is 19.9 Å². The lowest BCUT2D eigenvalue weighted by atomic mass is 10.1. The molecule has 128 valence electrons. The van der Waals surface area contributed by atoms with E-state index in [4.69, 9.17) is 9.47 Å². The van der Waals surface area contributed by atoms with E-state index in [9.17, 15) is 19.2 Å². The van der Waals surface area contributed by atoms with Gasteiger partial charge in [-0.25, -0.2) is 10.6 Å². The van der Waals surface area contributed by atoms with Crippen LogP contribution >= 0.6 is 0 Å². The molecule has 0 saturated heterocycles. The highest BCUT2D eigenvalue weighted by molar-refractivity contribution is 5.99. The van der Waals surface area contributed by atoms with E-state index in [0.29, 0.717) is 0 Å². The van der Waals surface area contributed by atoms with Crippen LogP contribution in [0.2, 0.25) is 0 Å². The van der Waals surface area contributed by atoms with Crippen LogP contribution in [0.25, 0.3) is 0 Å². The lowest BCUT2D eigenvalue weighted by Gasteiger charge is -2.13. The van der Waals surface area contributed by atoms with Gasteiger partial charge in [-0.15, -0.1) is 0 Å². The number of esters is 2. The predicted molar refractivity (Wildman–Crippen MR) is 79.3 cm³/mol. The largest absolute Gasteiger partial charge is 0.465 e. The monoisotopic (exact) mass is 326 g/mol. The maximum atomic E-state index is 11.5. The van der Waals surface area contributed by atoms with Crippen molar-refractivity contribution in [2.24, 2.45) is 11.8 Å². The van der Waals surface area contributed by atoms with Crippen molar-refractivity contribution in [1.82, 2.24) is 10.6 Å². The Morgan fingerprint density at radius 2 is 1.17 bits per heavy atom. The van der Waals surface area contributed by atoms with E-state index in [2.05, 4.69) is 10.6 Å². The molecule has 2 atom stereocenters. The SMILES string of the molecule is CCOC(=O)C([CH][N]C[N][CH]C(C(C)=O)C(=O)OCC)C(C)=O. The van der Waals surface area contributed by atoms with E-state index in [1.165, 1.54) is 13.8 Å². The van der Waals surface area contributed by atoms with Gasteiger partial charge in [0.2, 0.25) is 0 Å². The first-order valence-electron chi connectivity index (χ1n) is 7.19. The molecule has 23 heavy (non-hydrogen) atoms. The van der Waals surface area contributed by atoms with Gasteiger partial charge in [0.25, 0.3) is 0 Å². The summed E-state index contributed by atoms with van der Waals surface area (Å²) in [5, 5.41) is 7.65. The molecule has 0 spiro atoms. The van der Waals surface area contributed by atoms with Gasteiger partial charge in [-0.2, -0.15) is 0 Å². The van der Waals surface area contributed by atoms with Crippen LogP contribution in [0.3, 0.4) is 0 Å². The summed E-state index contributed by atoms with van der Waals surface area (Å²) in [6, 6.07) is 0. The molecule has 0 aliphatic heterocycles. The Bertz CT molecular complexity index is 386. The molecule has 0 aliphatic rings. The van der Waals surface area contributed by atoms with Crippen LogP contribution in [0, 0.1) is 24.9 Å². The minimum absolute atomic E-state index is 0.133. The van der Waals surface area contributed by atoms with E-state index < -0.39 is 35.3 Å². The lowest BCUT2D eigenvalue weighted by Crippen LogP contribution is -2.32. The summed E-state index contributed by atoms with van der Waals surface area (Å²) in [5.74, 6) is -4.33. The molecule has 0 aromatic carbocycles. The van der Waals surface area contributed by atoms with Gasteiger partial charge in [0.15, 0.2) is 0 Å². The van der Waals surface area contributed by atoms with Gasteiger partial charge in [-0.3, -0.25) is 19.2 Å². The molecule has 4 radical (unpaired) electrons. The molecule has 0 aromatic rings. The third-order valence-corrected chi connectivity index (χ3v) is 2.63. The van der Waals surface area contributed by atoms with Gasteiger partial charge in [0.05, 0.1) is 33.0 Å². The van der Waals surface area contributed by atoms with Crippen molar-refractivity contribution >= 4 is 23.5 Å². The van der Waals surface area contributed by atoms with Gasteiger partial charge >= 0.3 is 11.9 Å². The lowest BCUT2D eigenvalue weighted by molar-refractivity contribution is -0.151. The summed E-state index contributed by atoms with van der Waals surface area (Å²) in [5.41, 5.74) is 0. The van der Waals surface area contributed by atoms with Gasteiger partial charge in [-0.1, -0.05) is 0 Å². The number of hydrogen-bond acceptors (Lipinski definition) is 6. The van der Waals surface area contributed by atoms with Crippen molar-refractivity contribution in [3.8, 4) is 0 Å². The van der Waals surface area contributed by atoms with Crippen LogP contribution in [0.15, 0.2) is 0 Å². The average Bonchev–Trinajstić information content (AvgIpc) is 2.45. The van der Waals surface area contributed by atoms with Crippen molar-refractivity contribution in [1.29, 1.82) is 0 Å². The molecule has 0 N–H and O–H groups in total. The summed E-state index contributed by atoms with van der Waals surface area (Å²) in [7, 11) is 0. The fraction of sp³-hybridized carbons (Fsp3) is 0.600. The van der Waals surface area contributed by atoms with Crippen molar-refractivity contribution < 1.29 is 28.7 Å². The van der Waals surface area contributed by atoms with Crippen LogP contribution in [0.1, 0.15) is 27.7 Å². The quantitative estimate of drug-likeness (QED) is 0.283. The topological polar surface area (TPSA) is 115 Å². The van der Waals surface area contributed by atoms with Crippen LogP contribution in [0.4, 0.5) is 0 Å². The molecule has 2 unspecified atom stereocenters. The maximum Gasteiger partial charge on any atom is 0.318 e. The molecular weight excluding hydrogens is 304 g/mol. The second-order valence-electron chi connectivity index (χ2n) is 4.49. The molecule has 0 aliphatic carbocycles.